The zero-order valence-corrected chi connectivity index (χ0v) is 14.2. The highest BCUT2D eigenvalue weighted by atomic mass is 16.5. The molecule has 0 saturated carbocycles. The quantitative estimate of drug-likeness (QED) is 0.589. The minimum absolute atomic E-state index is 0.121. The fourth-order valence-electron chi connectivity index (χ4n) is 2.60. The lowest BCUT2D eigenvalue weighted by molar-refractivity contribution is 0.317. The van der Waals surface area contributed by atoms with Gasteiger partial charge < -0.3 is 14.1 Å². The monoisotopic (exact) mass is 347 g/mol. The van der Waals surface area contributed by atoms with Crippen molar-refractivity contribution < 1.29 is 9.15 Å². The fourth-order valence-corrected chi connectivity index (χ4v) is 2.60. The smallest absolute Gasteiger partial charge is 0.296 e. The number of aromatic nitrogens is 3. The van der Waals surface area contributed by atoms with Crippen LogP contribution in [0.5, 0.6) is 5.75 Å². The van der Waals surface area contributed by atoms with E-state index in [2.05, 4.69) is 21.9 Å². The van der Waals surface area contributed by atoms with Crippen LogP contribution in [0, 0.1) is 0 Å². The summed E-state index contributed by atoms with van der Waals surface area (Å²) in [5.74, 6) is 1.60. The Kier molecular flexibility index (Phi) is 4.23. The molecule has 0 aliphatic heterocycles. The van der Waals surface area contributed by atoms with Gasteiger partial charge in [0, 0.05) is 11.1 Å². The Bertz CT molecular complexity index is 1080. The first kappa shape index (κ1) is 16.1. The zero-order valence-electron chi connectivity index (χ0n) is 14.2. The number of aromatic amines is 1. The second-order valence-electron chi connectivity index (χ2n) is 5.83. The van der Waals surface area contributed by atoms with Crippen LogP contribution in [0.4, 0.5) is 0 Å². The Morgan fingerprint density at radius 2 is 1.77 bits per heavy atom. The van der Waals surface area contributed by atoms with Crippen LogP contribution in [0.3, 0.4) is 0 Å². The molecule has 2 heterocycles. The third-order valence-corrected chi connectivity index (χ3v) is 3.89. The molecule has 0 aliphatic rings. The van der Waals surface area contributed by atoms with E-state index in [0.717, 1.165) is 23.3 Å². The number of hydrogen-bond acceptors (Lipinski definition) is 5. The van der Waals surface area contributed by atoms with Gasteiger partial charge in [0.15, 0.2) is 0 Å². The highest BCUT2D eigenvalue weighted by Gasteiger charge is 2.14. The van der Waals surface area contributed by atoms with Crippen LogP contribution < -0.4 is 10.3 Å². The zero-order chi connectivity index (χ0) is 17.9. The number of H-pyrrole nitrogens is 1. The minimum Gasteiger partial charge on any atom is -0.494 e. The number of nitrogens with one attached hydrogen (secondary N) is 1. The van der Waals surface area contributed by atoms with Gasteiger partial charge >= 0.3 is 0 Å². The van der Waals surface area contributed by atoms with Crippen LogP contribution in [0.25, 0.3) is 34.1 Å². The molecule has 0 fully saturated rings. The fraction of sp³-hybridized carbons (Fsp3) is 0.150. The number of fused-ring (bicyclic) bond motifs is 1. The maximum absolute atomic E-state index is 12.4. The van der Waals surface area contributed by atoms with Crippen LogP contribution in [0.1, 0.15) is 13.3 Å². The number of ether oxygens (including phenoxy) is 1. The molecule has 0 saturated heterocycles. The highest BCUT2D eigenvalue weighted by Crippen LogP contribution is 2.23. The Hall–Kier alpha value is -3.41. The van der Waals surface area contributed by atoms with Gasteiger partial charge in [-0.2, -0.15) is 4.98 Å². The van der Waals surface area contributed by atoms with E-state index in [0.29, 0.717) is 18.3 Å². The molecule has 0 radical (unpaired) electrons. The summed E-state index contributed by atoms with van der Waals surface area (Å²) >= 11 is 0. The molecule has 0 spiro atoms. The van der Waals surface area contributed by atoms with Gasteiger partial charge in [0.2, 0.25) is 17.1 Å². The van der Waals surface area contributed by atoms with Crippen molar-refractivity contribution in [2.24, 2.45) is 0 Å². The lowest BCUT2D eigenvalue weighted by Crippen LogP contribution is -2.08. The number of nitrogens with zero attached hydrogens (tertiary/aromatic N) is 2. The summed E-state index contributed by atoms with van der Waals surface area (Å²) in [7, 11) is 0. The van der Waals surface area contributed by atoms with Gasteiger partial charge in [-0.15, -0.1) is 0 Å². The summed E-state index contributed by atoms with van der Waals surface area (Å²) in [5, 5.41) is 0. The van der Waals surface area contributed by atoms with Crippen molar-refractivity contribution in [1.82, 2.24) is 15.0 Å². The summed E-state index contributed by atoms with van der Waals surface area (Å²) in [4.78, 5) is 23.9. The molecule has 6 heteroatoms. The van der Waals surface area contributed by atoms with Crippen molar-refractivity contribution in [2.45, 2.75) is 13.3 Å². The van der Waals surface area contributed by atoms with Gasteiger partial charge in [-0.05, 0) is 42.8 Å². The molecule has 2 aromatic carbocycles. The van der Waals surface area contributed by atoms with Crippen molar-refractivity contribution >= 4 is 11.2 Å². The van der Waals surface area contributed by atoms with Crippen LogP contribution in [0.15, 0.2) is 63.8 Å². The van der Waals surface area contributed by atoms with E-state index in [1.807, 2.05) is 54.6 Å². The maximum Gasteiger partial charge on any atom is 0.296 e. The molecule has 0 bridgehead atoms. The molecule has 0 aliphatic carbocycles. The summed E-state index contributed by atoms with van der Waals surface area (Å²) < 4.78 is 11.2. The Morgan fingerprint density at radius 3 is 2.50 bits per heavy atom. The van der Waals surface area contributed by atoms with E-state index in [9.17, 15) is 4.79 Å². The predicted molar refractivity (Wildman–Crippen MR) is 99.1 cm³/mol. The summed E-state index contributed by atoms with van der Waals surface area (Å²) in [5.41, 5.74) is 1.62. The van der Waals surface area contributed by atoms with Crippen molar-refractivity contribution in [3.05, 3.63) is 65.0 Å². The second kappa shape index (κ2) is 6.84. The first-order valence-electron chi connectivity index (χ1n) is 8.44. The largest absolute Gasteiger partial charge is 0.494 e. The van der Waals surface area contributed by atoms with E-state index < -0.39 is 0 Å². The molecule has 4 aromatic rings. The SMILES string of the molecule is CCCOc1ccc(-c2nc3nc(-c4ccccc4)oc3c(=O)[nH]2)cc1. The molecule has 1 N–H and O–H groups in total. The van der Waals surface area contributed by atoms with E-state index in [1.54, 1.807) is 0 Å². The van der Waals surface area contributed by atoms with Gasteiger partial charge in [-0.25, -0.2) is 4.98 Å². The first-order valence-corrected chi connectivity index (χ1v) is 8.44. The molecule has 26 heavy (non-hydrogen) atoms. The molecule has 6 nitrogen and oxygen atoms in total. The Morgan fingerprint density at radius 1 is 1.00 bits per heavy atom. The molecule has 4 rings (SSSR count). The van der Waals surface area contributed by atoms with E-state index in [4.69, 9.17) is 9.15 Å². The predicted octanol–water partition coefficient (Wildman–Crippen LogP) is 4.03. The van der Waals surface area contributed by atoms with Crippen LogP contribution in [0.2, 0.25) is 0 Å². The molecule has 130 valence electrons. The van der Waals surface area contributed by atoms with E-state index >= 15 is 0 Å². The normalized spacial score (nSPS) is 11.0. The van der Waals surface area contributed by atoms with Crippen LogP contribution >= 0.6 is 0 Å². The third-order valence-electron chi connectivity index (χ3n) is 3.89. The molecular formula is C20H17N3O3. The average molecular weight is 347 g/mol. The standard InChI is InChI=1S/C20H17N3O3/c1-2-12-25-15-10-8-13(9-11-15)17-21-18-16(19(24)22-17)26-20(23-18)14-6-4-3-5-7-14/h3-11H,2,12H2,1H3,(H,21,22,24). The first-order chi connectivity index (χ1) is 12.7. The topological polar surface area (TPSA) is 81.0 Å². The lowest BCUT2D eigenvalue weighted by Gasteiger charge is -2.05. The van der Waals surface area contributed by atoms with Crippen molar-refractivity contribution in [3.8, 4) is 28.6 Å². The van der Waals surface area contributed by atoms with Gasteiger partial charge in [-0.3, -0.25) is 4.79 Å². The maximum atomic E-state index is 12.4. The lowest BCUT2D eigenvalue weighted by atomic mass is 10.2. The summed E-state index contributed by atoms with van der Waals surface area (Å²) in [6, 6.07) is 16.8. The number of rotatable bonds is 5. The van der Waals surface area contributed by atoms with Crippen LogP contribution in [-0.4, -0.2) is 21.6 Å². The van der Waals surface area contributed by atoms with Crippen molar-refractivity contribution in [1.29, 1.82) is 0 Å². The molecule has 2 aromatic heterocycles. The highest BCUT2D eigenvalue weighted by molar-refractivity contribution is 5.73. The summed E-state index contributed by atoms with van der Waals surface area (Å²) in [6.07, 6.45) is 0.948. The van der Waals surface area contributed by atoms with Gasteiger partial charge in [0.25, 0.3) is 5.56 Å². The van der Waals surface area contributed by atoms with Gasteiger partial charge in [0.05, 0.1) is 6.61 Å². The van der Waals surface area contributed by atoms with Crippen LogP contribution in [-0.2, 0) is 0 Å². The minimum atomic E-state index is -0.356. The second-order valence-corrected chi connectivity index (χ2v) is 5.83. The van der Waals surface area contributed by atoms with Crippen molar-refractivity contribution in [3.63, 3.8) is 0 Å². The molecule has 0 amide bonds. The molecule has 0 unspecified atom stereocenters. The number of hydrogen-bond donors (Lipinski definition) is 1. The third kappa shape index (κ3) is 3.09. The Balaban J connectivity index is 1.72. The molecule has 0 atom stereocenters. The molecular weight excluding hydrogens is 330 g/mol. The van der Waals surface area contributed by atoms with Gasteiger partial charge in [0.1, 0.15) is 11.6 Å². The van der Waals surface area contributed by atoms with E-state index in [-0.39, 0.29) is 16.8 Å². The van der Waals surface area contributed by atoms with E-state index in [1.165, 1.54) is 0 Å². The average Bonchev–Trinajstić information content (AvgIpc) is 3.12. The number of oxazole rings is 1. The van der Waals surface area contributed by atoms with Crippen molar-refractivity contribution in [2.75, 3.05) is 6.61 Å². The van der Waals surface area contributed by atoms with Gasteiger partial charge in [-0.1, -0.05) is 25.1 Å². The Labute approximate surface area is 149 Å². The summed E-state index contributed by atoms with van der Waals surface area (Å²) in [6.45, 7) is 2.72. The number of benzene rings is 2.